The fourth-order valence-corrected chi connectivity index (χ4v) is 3.36. The zero-order valence-corrected chi connectivity index (χ0v) is 17.4. The Kier molecular flexibility index (Phi) is 7.55. The minimum Gasteiger partial charge on any atom is -0.352 e. The standard InChI is InChI=1S/C21H25N3O4S/c1-16(2)22-20(25)15-24(3)21(26)18-9-11-19(12-10-18)23-29(27,28)14-13-17-7-5-4-6-8-17/h4-14,16,23H,15H2,1-3H3,(H,22,25)/b14-13+. The minimum absolute atomic E-state index is 0.00532. The molecule has 154 valence electrons. The van der Waals surface area contributed by atoms with E-state index in [1.807, 2.05) is 32.0 Å². The van der Waals surface area contributed by atoms with Crippen molar-refractivity contribution in [2.75, 3.05) is 18.3 Å². The molecule has 8 heteroatoms. The first-order valence-corrected chi connectivity index (χ1v) is 10.6. The number of carbonyl (C=O) groups is 2. The summed E-state index contributed by atoms with van der Waals surface area (Å²) in [6.07, 6.45) is 1.50. The summed E-state index contributed by atoms with van der Waals surface area (Å²) >= 11 is 0. The molecule has 2 rings (SSSR count). The number of benzene rings is 2. The summed E-state index contributed by atoms with van der Waals surface area (Å²) in [5.41, 5.74) is 1.45. The maximum atomic E-state index is 12.4. The maximum absolute atomic E-state index is 12.4. The van der Waals surface area contributed by atoms with E-state index in [2.05, 4.69) is 10.0 Å². The zero-order valence-electron chi connectivity index (χ0n) is 16.6. The molecule has 0 saturated heterocycles. The third-order valence-corrected chi connectivity index (χ3v) is 4.82. The van der Waals surface area contributed by atoms with Gasteiger partial charge in [0, 0.05) is 24.3 Å². The van der Waals surface area contributed by atoms with Crippen LogP contribution in [0.15, 0.2) is 60.0 Å². The fraction of sp³-hybridized carbons (Fsp3) is 0.238. The van der Waals surface area contributed by atoms with E-state index in [-0.39, 0.29) is 24.4 Å². The highest BCUT2D eigenvalue weighted by atomic mass is 32.2. The van der Waals surface area contributed by atoms with Crippen molar-refractivity contribution in [3.05, 3.63) is 71.1 Å². The van der Waals surface area contributed by atoms with E-state index in [0.717, 1.165) is 11.0 Å². The van der Waals surface area contributed by atoms with Crippen molar-refractivity contribution < 1.29 is 18.0 Å². The van der Waals surface area contributed by atoms with E-state index in [4.69, 9.17) is 0 Å². The fourth-order valence-electron chi connectivity index (χ4n) is 2.49. The summed E-state index contributed by atoms with van der Waals surface area (Å²) < 4.78 is 26.8. The second-order valence-corrected chi connectivity index (χ2v) is 8.39. The molecule has 0 aliphatic heterocycles. The quantitative estimate of drug-likeness (QED) is 0.693. The Labute approximate surface area is 171 Å². The van der Waals surface area contributed by atoms with Gasteiger partial charge in [-0.2, -0.15) is 0 Å². The van der Waals surface area contributed by atoms with E-state index in [0.29, 0.717) is 11.3 Å². The molecule has 0 heterocycles. The van der Waals surface area contributed by atoms with Crippen LogP contribution in [0.2, 0.25) is 0 Å². The largest absolute Gasteiger partial charge is 0.352 e. The van der Waals surface area contributed by atoms with Crippen molar-refractivity contribution in [3.63, 3.8) is 0 Å². The van der Waals surface area contributed by atoms with E-state index in [1.54, 1.807) is 12.1 Å². The molecule has 7 nitrogen and oxygen atoms in total. The maximum Gasteiger partial charge on any atom is 0.255 e. The molecular weight excluding hydrogens is 390 g/mol. The van der Waals surface area contributed by atoms with Crippen molar-refractivity contribution in [2.24, 2.45) is 0 Å². The van der Waals surface area contributed by atoms with Gasteiger partial charge >= 0.3 is 0 Å². The van der Waals surface area contributed by atoms with Crippen molar-refractivity contribution in [2.45, 2.75) is 19.9 Å². The third-order valence-electron chi connectivity index (χ3n) is 3.81. The Hall–Kier alpha value is -3.13. The van der Waals surface area contributed by atoms with Gasteiger partial charge in [0.15, 0.2) is 0 Å². The topological polar surface area (TPSA) is 95.6 Å². The Bertz CT molecular complexity index is 969. The molecule has 0 atom stereocenters. The summed E-state index contributed by atoms with van der Waals surface area (Å²) in [6.45, 7) is 3.62. The van der Waals surface area contributed by atoms with Gasteiger partial charge in [-0.3, -0.25) is 14.3 Å². The summed E-state index contributed by atoms with van der Waals surface area (Å²) in [4.78, 5) is 25.5. The molecule has 0 bridgehead atoms. The monoisotopic (exact) mass is 415 g/mol. The van der Waals surface area contributed by atoms with E-state index in [1.165, 1.54) is 42.3 Å². The normalized spacial score (nSPS) is 11.4. The summed E-state index contributed by atoms with van der Waals surface area (Å²) in [7, 11) is -2.15. The molecule has 0 spiro atoms. The van der Waals surface area contributed by atoms with E-state index >= 15 is 0 Å². The molecule has 0 radical (unpaired) electrons. The van der Waals surface area contributed by atoms with E-state index in [9.17, 15) is 18.0 Å². The molecule has 2 aromatic carbocycles. The van der Waals surface area contributed by atoms with Crippen molar-refractivity contribution in [1.29, 1.82) is 0 Å². The molecule has 0 aliphatic rings. The lowest BCUT2D eigenvalue weighted by molar-refractivity contribution is -0.122. The highest BCUT2D eigenvalue weighted by molar-refractivity contribution is 7.95. The second kappa shape index (κ2) is 9.88. The summed E-state index contributed by atoms with van der Waals surface area (Å²) in [5.74, 6) is -0.576. The number of carbonyl (C=O) groups excluding carboxylic acids is 2. The Balaban J connectivity index is 1.99. The Morgan fingerprint density at radius 1 is 1.03 bits per heavy atom. The number of amides is 2. The number of anilines is 1. The van der Waals surface area contributed by atoms with Crippen LogP contribution in [-0.4, -0.2) is 44.8 Å². The SMILES string of the molecule is CC(C)NC(=O)CN(C)C(=O)c1ccc(NS(=O)(=O)/C=C/c2ccccc2)cc1. The molecule has 0 saturated carbocycles. The van der Waals surface area contributed by atoms with Crippen LogP contribution < -0.4 is 10.0 Å². The molecule has 0 aromatic heterocycles. The predicted molar refractivity (Wildman–Crippen MR) is 115 cm³/mol. The third kappa shape index (κ3) is 7.42. The first-order valence-electron chi connectivity index (χ1n) is 9.07. The molecule has 2 N–H and O–H groups in total. The molecule has 2 amide bonds. The van der Waals surface area contributed by atoms with Crippen LogP contribution in [0.25, 0.3) is 6.08 Å². The number of nitrogens with one attached hydrogen (secondary N) is 2. The number of hydrogen-bond acceptors (Lipinski definition) is 4. The number of likely N-dealkylation sites (N-methyl/N-ethyl adjacent to an activating group) is 1. The van der Waals surface area contributed by atoms with Gasteiger partial charge < -0.3 is 10.2 Å². The molecule has 0 unspecified atom stereocenters. The smallest absolute Gasteiger partial charge is 0.255 e. The average Bonchev–Trinajstić information content (AvgIpc) is 2.66. The minimum atomic E-state index is -3.69. The van der Waals surface area contributed by atoms with Crippen LogP contribution in [0, 0.1) is 0 Å². The lowest BCUT2D eigenvalue weighted by Crippen LogP contribution is -2.40. The molecule has 2 aromatic rings. The van der Waals surface area contributed by atoms with Gasteiger partial charge in [0.1, 0.15) is 0 Å². The average molecular weight is 416 g/mol. The number of sulfonamides is 1. The van der Waals surface area contributed by atoms with Crippen LogP contribution in [0.4, 0.5) is 5.69 Å². The molecule has 0 aliphatic carbocycles. The van der Waals surface area contributed by atoms with Gasteiger partial charge in [-0.15, -0.1) is 0 Å². The van der Waals surface area contributed by atoms with Crippen LogP contribution in [-0.2, 0) is 14.8 Å². The van der Waals surface area contributed by atoms with Crippen LogP contribution >= 0.6 is 0 Å². The van der Waals surface area contributed by atoms with Gasteiger partial charge in [0.05, 0.1) is 12.0 Å². The molecular formula is C21H25N3O4S. The Morgan fingerprint density at radius 2 is 1.66 bits per heavy atom. The first kappa shape index (κ1) is 22.2. The van der Waals surface area contributed by atoms with Crippen LogP contribution in [0.3, 0.4) is 0 Å². The van der Waals surface area contributed by atoms with Crippen LogP contribution in [0.1, 0.15) is 29.8 Å². The van der Waals surface area contributed by atoms with E-state index < -0.39 is 10.0 Å². The highest BCUT2D eigenvalue weighted by Gasteiger charge is 2.15. The molecule has 29 heavy (non-hydrogen) atoms. The second-order valence-electron chi connectivity index (χ2n) is 6.82. The zero-order chi connectivity index (χ0) is 21.4. The highest BCUT2D eigenvalue weighted by Crippen LogP contribution is 2.14. The predicted octanol–water partition coefficient (Wildman–Crippen LogP) is 2.70. The van der Waals surface area contributed by atoms with Crippen molar-refractivity contribution >= 4 is 33.6 Å². The number of nitrogens with zero attached hydrogens (tertiary/aromatic N) is 1. The lowest BCUT2D eigenvalue weighted by atomic mass is 10.2. The Morgan fingerprint density at radius 3 is 2.24 bits per heavy atom. The number of rotatable bonds is 8. The van der Waals surface area contributed by atoms with Gasteiger partial charge in [-0.05, 0) is 49.8 Å². The number of hydrogen-bond donors (Lipinski definition) is 2. The summed E-state index contributed by atoms with van der Waals surface area (Å²) in [6, 6.07) is 15.1. The van der Waals surface area contributed by atoms with Crippen LogP contribution in [0.5, 0.6) is 0 Å². The van der Waals surface area contributed by atoms with Gasteiger partial charge in [0.25, 0.3) is 15.9 Å². The van der Waals surface area contributed by atoms with Gasteiger partial charge in [0.2, 0.25) is 5.91 Å². The van der Waals surface area contributed by atoms with Gasteiger partial charge in [-0.1, -0.05) is 30.3 Å². The molecule has 0 fully saturated rings. The summed E-state index contributed by atoms with van der Waals surface area (Å²) in [5, 5.41) is 3.81. The van der Waals surface area contributed by atoms with Gasteiger partial charge in [-0.25, -0.2) is 8.42 Å². The van der Waals surface area contributed by atoms with Crippen molar-refractivity contribution in [3.8, 4) is 0 Å². The van der Waals surface area contributed by atoms with Crippen molar-refractivity contribution in [1.82, 2.24) is 10.2 Å². The lowest BCUT2D eigenvalue weighted by Gasteiger charge is -2.18. The first-order chi connectivity index (χ1) is 13.7.